The average Bonchev–Trinajstić information content (AvgIpc) is 3.28. The Bertz CT molecular complexity index is 823. The van der Waals surface area contributed by atoms with Crippen molar-refractivity contribution in [2.45, 2.75) is 46.8 Å². The van der Waals surface area contributed by atoms with Gasteiger partial charge in [-0.2, -0.15) is 0 Å². The van der Waals surface area contributed by atoms with Crippen LogP contribution in [0.15, 0.2) is 60.7 Å². The van der Waals surface area contributed by atoms with Gasteiger partial charge in [0.25, 0.3) is 0 Å². The summed E-state index contributed by atoms with van der Waals surface area (Å²) in [5.74, 6) is 0. The number of halogens is 2. The largest absolute Gasteiger partial charge is 1.00 e. The van der Waals surface area contributed by atoms with E-state index in [-0.39, 0.29) is 24.8 Å². The number of rotatable bonds is 6. The van der Waals surface area contributed by atoms with E-state index in [0.29, 0.717) is 7.25 Å². The van der Waals surface area contributed by atoms with Gasteiger partial charge in [0.1, 0.15) is 0 Å². The Kier molecular flexibility index (Phi) is 9.13. The molecule has 2 aromatic carbocycles. The summed E-state index contributed by atoms with van der Waals surface area (Å²) in [6.07, 6.45) is 15.1. The van der Waals surface area contributed by atoms with Crippen molar-refractivity contribution in [2.75, 3.05) is 0 Å². The molecule has 2 aromatic rings. The predicted molar refractivity (Wildman–Crippen MR) is 111 cm³/mol. The third-order valence-electron chi connectivity index (χ3n) is 5.78. The second-order valence-electron chi connectivity index (χ2n) is 7.49. The molecule has 2 aliphatic rings. The number of fused-ring (bicyclic) bond motifs is 2. The first-order chi connectivity index (χ1) is 12.8. The Balaban J connectivity index is 0.00000140. The summed E-state index contributed by atoms with van der Waals surface area (Å²) in [6.45, 7) is 4.71. The third kappa shape index (κ3) is 4.53. The van der Waals surface area contributed by atoms with Gasteiger partial charge >= 0.3 is 166 Å². The van der Waals surface area contributed by atoms with Crippen molar-refractivity contribution in [1.29, 1.82) is 0 Å². The molecule has 0 saturated heterocycles. The van der Waals surface area contributed by atoms with Gasteiger partial charge in [0, 0.05) is 0 Å². The third-order valence-corrected chi connectivity index (χ3v) is 14.8. The molecular formula is C25H28Cl2Zr. The molecule has 0 heterocycles. The fourth-order valence-corrected chi connectivity index (χ4v) is 14.9. The van der Waals surface area contributed by atoms with Crippen LogP contribution in [0.3, 0.4) is 0 Å². The number of allylic oxidation sites excluding steroid dienone is 2. The van der Waals surface area contributed by atoms with Gasteiger partial charge in [-0.3, -0.25) is 0 Å². The zero-order chi connectivity index (χ0) is 17.9. The molecule has 0 bridgehead atoms. The van der Waals surface area contributed by atoms with Crippen molar-refractivity contribution >= 4 is 15.4 Å². The molecule has 2 aliphatic carbocycles. The van der Waals surface area contributed by atoms with Gasteiger partial charge in [0.05, 0.1) is 0 Å². The number of hydrogen-bond acceptors (Lipinski definition) is 0. The van der Waals surface area contributed by atoms with Gasteiger partial charge in [-0.05, 0) is 0 Å². The van der Waals surface area contributed by atoms with Crippen LogP contribution in [0, 0.1) is 0 Å². The predicted octanol–water partition coefficient (Wildman–Crippen LogP) is 0.921. The molecule has 0 spiro atoms. The molecule has 0 aliphatic heterocycles. The maximum absolute atomic E-state index is 2.56. The van der Waals surface area contributed by atoms with Crippen molar-refractivity contribution in [1.82, 2.24) is 0 Å². The topological polar surface area (TPSA) is 0 Å². The van der Waals surface area contributed by atoms with Crippen LogP contribution in [0.5, 0.6) is 0 Å². The molecule has 146 valence electrons. The molecule has 0 nitrogen and oxygen atoms in total. The number of hydrogen-bond donors (Lipinski definition) is 0. The van der Waals surface area contributed by atoms with E-state index in [4.69, 9.17) is 0 Å². The monoisotopic (exact) mass is 488 g/mol. The summed E-state index contributed by atoms with van der Waals surface area (Å²) < 4.78 is 3.35. The van der Waals surface area contributed by atoms with Crippen molar-refractivity contribution in [3.63, 3.8) is 0 Å². The van der Waals surface area contributed by atoms with Crippen LogP contribution in [-0.4, -0.2) is 3.21 Å². The minimum atomic E-state index is -1.96. The van der Waals surface area contributed by atoms with E-state index in [2.05, 4.69) is 86.7 Å². The first kappa shape index (κ1) is 23.5. The smallest absolute Gasteiger partial charge is 1.00 e. The fourth-order valence-electron chi connectivity index (χ4n) is 4.69. The minimum Gasteiger partial charge on any atom is -1.00 e. The summed E-state index contributed by atoms with van der Waals surface area (Å²) in [4.78, 5) is 0. The summed E-state index contributed by atoms with van der Waals surface area (Å²) >= 11 is -1.96. The van der Waals surface area contributed by atoms with Crippen molar-refractivity contribution < 1.29 is 46.1 Å². The average molecular weight is 491 g/mol. The van der Waals surface area contributed by atoms with Gasteiger partial charge in [-0.15, -0.1) is 0 Å². The molecule has 2 atom stereocenters. The van der Waals surface area contributed by atoms with Gasteiger partial charge in [0.2, 0.25) is 0 Å². The summed E-state index contributed by atoms with van der Waals surface area (Å²) in [5, 5.41) is 0. The molecule has 0 saturated carbocycles. The van der Waals surface area contributed by atoms with E-state index in [0.717, 1.165) is 0 Å². The Labute approximate surface area is 190 Å². The molecular weight excluding hydrogens is 462 g/mol. The van der Waals surface area contributed by atoms with Crippen LogP contribution in [0.25, 0.3) is 12.2 Å². The molecule has 0 aromatic heterocycles. The SMILES string of the molecule is CCC[C](CCC)=[Zr+2]([CH]1C=Cc2ccccc21)[CH]1C=Cc2ccccc21.[Cl-].[Cl-]. The van der Waals surface area contributed by atoms with Crippen LogP contribution in [-0.2, 0) is 21.3 Å². The fraction of sp³-hybridized carbons (Fsp3) is 0.320. The van der Waals surface area contributed by atoms with Crippen molar-refractivity contribution in [2.24, 2.45) is 0 Å². The second kappa shape index (κ2) is 10.9. The molecule has 28 heavy (non-hydrogen) atoms. The summed E-state index contributed by atoms with van der Waals surface area (Å²) in [6, 6.07) is 18.2. The molecule has 4 rings (SSSR count). The van der Waals surface area contributed by atoms with E-state index < -0.39 is 21.3 Å². The van der Waals surface area contributed by atoms with Crippen LogP contribution in [0.1, 0.15) is 69.0 Å². The van der Waals surface area contributed by atoms with Crippen molar-refractivity contribution in [3.8, 4) is 0 Å². The van der Waals surface area contributed by atoms with Gasteiger partial charge in [-0.25, -0.2) is 0 Å². The van der Waals surface area contributed by atoms with Gasteiger partial charge in [0.15, 0.2) is 0 Å². The molecule has 0 fully saturated rings. The zero-order valence-corrected chi connectivity index (χ0v) is 20.6. The molecule has 3 heteroatoms. The number of benzene rings is 2. The summed E-state index contributed by atoms with van der Waals surface area (Å²) in [5.41, 5.74) is 6.12. The second-order valence-corrected chi connectivity index (χ2v) is 14.5. The van der Waals surface area contributed by atoms with Crippen LogP contribution in [0.4, 0.5) is 0 Å². The standard InChI is InChI=1S/2C9H7.C7H14.2ClH.Zr/c2*1-2-5-9-7-3-6-8(9)4-1;1-3-5-7-6-4-2;;;/h2*1-7H;3-6H2,1-2H3;2*1H;/q;;;;;+2/p-2. The van der Waals surface area contributed by atoms with Crippen LogP contribution in [0.2, 0.25) is 0 Å². The molecule has 2 unspecified atom stereocenters. The van der Waals surface area contributed by atoms with E-state index in [1.807, 2.05) is 3.21 Å². The maximum atomic E-state index is 2.56. The first-order valence-corrected chi connectivity index (χ1v) is 14.2. The van der Waals surface area contributed by atoms with Gasteiger partial charge < -0.3 is 24.8 Å². The Morgan fingerprint density at radius 2 is 1.14 bits per heavy atom. The van der Waals surface area contributed by atoms with E-state index >= 15 is 0 Å². The quantitative estimate of drug-likeness (QED) is 0.565. The zero-order valence-electron chi connectivity index (χ0n) is 16.7. The first-order valence-electron chi connectivity index (χ1n) is 10.1. The Morgan fingerprint density at radius 3 is 1.57 bits per heavy atom. The Hall–Kier alpha value is -0.747. The Morgan fingerprint density at radius 1 is 0.714 bits per heavy atom. The van der Waals surface area contributed by atoms with E-state index in [1.54, 1.807) is 11.1 Å². The van der Waals surface area contributed by atoms with Crippen LogP contribution < -0.4 is 24.8 Å². The molecule has 0 radical (unpaired) electrons. The normalized spacial score (nSPS) is 17.8. The van der Waals surface area contributed by atoms with E-state index in [9.17, 15) is 0 Å². The van der Waals surface area contributed by atoms with Crippen LogP contribution >= 0.6 is 0 Å². The maximum Gasteiger partial charge on any atom is -1.00 e. The van der Waals surface area contributed by atoms with E-state index in [1.165, 1.54) is 36.8 Å². The molecule has 0 amide bonds. The minimum absolute atomic E-state index is 0. The summed E-state index contributed by atoms with van der Waals surface area (Å²) in [7, 11) is 0. The van der Waals surface area contributed by atoms with Crippen molar-refractivity contribution in [3.05, 3.63) is 82.9 Å². The van der Waals surface area contributed by atoms with Gasteiger partial charge in [-0.1, -0.05) is 0 Å². The molecule has 0 N–H and O–H groups in total.